The summed E-state index contributed by atoms with van der Waals surface area (Å²) in [5.74, 6) is 0. The summed E-state index contributed by atoms with van der Waals surface area (Å²) in [7, 11) is 0. The highest BCUT2D eigenvalue weighted by molar-refractivity contribution is 9.07. The number of hydrogen-bond donors (Lipinski definition) is 1. The van der Waals surface area contributed by atoms with Crippen molar-refractivity contribution in [3.63, 3.8) is 0 Å². The second-order valence-corrected chi connectivity index (χ2v) is 7.81. The number of thioether (sulfide) groups is 1. The number of nitrogens with one attached hydrogen (secondary N) is 1. The Kier molecular flexibility index (Phi) is 5.27. The lowest BCUT2D eigenvalue weighted by molar-refractivity contribution is 0.633. The summed E-state index contributed by atoms with van der Waals surface area (Å²) < 4.78 is 2.11. The Hall–Kier alpha value is -1.07. The first kappa shape index (κ1) is 16.8. The number of hydrogen-bond acceptors (Lipinski definition) is 4. The maximum absolute atomic E-state index is 3.67. The van der Waals surface area contributed by atoms with E-state index >= 15 is 0 Å². The molecule has 1 aromatic carbocycles. The Labute approximate surface area is 152 Å². The van der Waals surface area contributed by atoms with Gasteiger partial charge in [-0.05, 0) is 51.1 Å². The van der Waals surface area contributed by atoms with E-state index in [1.54, 1.807) is 0 Å². The van der Waals surface area contributed by atoms with Crippen LogP contribution < -0.4 is 10.2 Å². The molecule has 3 nitrogen and oxygen atoms in total. The molecule has 0 saturated heterocycles. The topological polar surface area (TPSA) is 18.5 Å². The van der Waals surface area contributed by atoms with E-state index in [-0.39, 0.29) is 0 Å². The van der Waals surface area contributed by atoms with E-state index in [2.05, 4.69) is 87.5 Å². The minimum Gasteiger partial charge on any atom is -0.376 e. The number of fused-ring (bicyclic) bond motifs is 2. The lowest BCUT2D eigenvalue weighted by Gasteiger charge is -2.35. The average Bonchev–Trinajstić information content (AvgIpc) is 2.59. The number of allylic oxidation sites excluding steroid dienone is 1. The maximum atomic E-state index is 3.67. The van der Waals surface area contributed by atoms with Gasteiger partial charge in [0.25, 0.3) is 0 Å². The average molecular weight is 394 g/mol. The molecular formula is C18H24BrN3S. The molecule has 124 valence electrons. The van der Waals surface area contributed by atoms with Gasteiger partial charge in [0, 0.05) is 57.7 Å². The van der Waals surface area contributed by atoms with Crippen molar-refractivity contribution in [3.8, 4) is 0 Å². The SMILES string of the molecule is CCN(Br)C1=CC2Sc3cc(N(CC)CC)ccc3NC2C=C1. The molecule has 2 unspecified atom stereocenters. The molecule has 2 atom stereocenters. The van der Waals surface area contributed by atoms with Crippen LogP contribution in [0.25, 0.3) is 0 Å². The fraction of sp³-hybridized carbons (Fsp3) is 0.444. The van der Waals surface area contributed by atoms with Crippen LogP contribution in [0.1, 0.15) is 20.8 Å². The van der Waals surface area contributed by atoms with Crippen LogP contribution in [0.5, 0.6) is 0 Å². The standard InChI is InChI=1S/C18H24BrN3S/c1-4-21(5-2)13-7-9-15-17(11-13)23-18-12-14(22(19)6-3)8-10-16(18)20-15/h7-12,16,18,20H,4-6H2,1-3H3. The molecule has 0 fully saturated rings. The van der Waals surface area contributed by atoms with Crippen molar-refractivity contribution in [2.75, 3.05) is 29.9 Å². The molecule has 0 bridgehead atoms. The van der Waals surface area contributed by atoms with Gasteiger partial charge in [-0.2, -0.15) is 0 Å². The van der Waals surface area contributed by atoms with Crippen LogP contribution >= 0.6 is 27.9 Å². The van der Waals surface area contributed by atoms with Gasteiger partial charge in [-0.1, -0.05) is 6.08 Å². The number of benzene rings is 1. The number of rotatable bonds is 5. The predicted octanol–water partition coefficient (Wildman–Crippen LogP) is 4.87. The summed E-state index contributed by atoms with van der Waals surface area (Å²) >= 11 is 5.57. The zero-order valence-electron chi connectivity index (χ0n) is 13.9. The Bertz CT molecular complexity index is 625. The summed E-state index contributed by atoms with van der Waals surface area (Å²) in [4.78, 5) is 3.74. The number of anilines is 2. The van der Waals surface area contributed by atoms with E-state index in [1.165, 1.54) is 22.0 Å². The minimum absolute atomic E-state index is 0.369. The highest BCUT2D eigenvalue weighted by Crippen LogP contribution is 2.42. The molecule has 0 saturated carbocycles. The Morgan fingerprint density at radius 2 is 1.96 bits per heavy atom. The summed E-state index contributed by atoms with van der Waals surface area (Å²) in [6, 6.07) is 7.15. The van der Waals surface area contributed by atoms with Gasteiger partial charge in [0.15, 0.2) is 0 Å². The molecule has 0 aromatic heterocycles. The van der Waals surface area contributed by atoms with Crippen molar-refractivity contribution in [2.45, 2.75) is 37.0 Å². The van der Waals surface area contributed by atoms with Crippen molar-refractivity contribution in [1.29, 1.82) is 0 Å². The number of halogens is 1. The Balaban J connectivity index is 1.85. The number of likely N-dealkylation sites (N-methyl/N-ethyl adjacent to an activating group) is 1. The smallest absolute Gasteiger partial charge is 0.0606 e. The van der Waals surface area contributed by atoms with Crippen molar-refractivity contribution < 1.29 is 0 Å². The molecule has 2 aliphatic rings. The van der Waals surface area contributed by atoms with Gasteiger partial charge >= 0.3 is 0 Å². The van der Waals surface area contributed by atoms with Crippen LogP contribution in [0.3, 0.4) is 0 Å². The summed E-state index contributed by atoms with van der Waals surface area (Å²) in [6.45, 7) is 9.60. The van der Waals surface area contributed by atoms with E-state index < -0.39 is 0 Å². The van der Waals surface area contributed by atoms with Gasteiger partial charge in [0.2, 0.25) is 0 Å². The second-order valence-electron chi connectivity index (χ2n) is 5.73. The third-order valence-corrected chi connectivity index (χ3v) is 6.60. The Morgan fingerprint density at radius 1 is 1.17 bits per heavy atom. The number of nitrogens with zero attached hydrogens (tertiary/aromatic N) is 2. The van der Waals surface area contributed by atoms with Crippen molar-refractivity contribution in [3.05, 3.63) is 42.1 Å². The maximum Gasteiger partial charge on any atom is 0.0606 e. The fourth-order valence-electron chi connectivity index (χ4n) is 3.06. The van der Waals surface area contributed by atoms with Crippen LogP contribution in [0.2, 0.25) is 0 Å². The van der Waals surface area contributed by atoms with Gasteiger partial charge in [-0.3, -0.25) is 0 Å². The van der Waals surface area contributed by atoms with Crippen molar-refractivity contribution >= 4 is 39.3 Å². The van der Waals surface area contributed by atoms with Gasteiger partial charge in [0.1, 0.15) is 0 Å². The molecule has 0 radical (unpaired) electrons. The van der Waals surface area contributed by atoms with E-state index in [9.17, 15) is 0 Å². The quantitative estimate of drug-likeness (QED) is 0.718. The molecule has 3 rings (SSSR count). The molecule has 0 amide bonds. The molecule has 1 aliphatic carbocycles. The van der Waals surface area contributed by atoms with Crippen molar-refractivity contribution in [2.24, 2.45) is 0 Å². The molecule has 1 aliphatic heterocycles. The highest BCUT2D eigenvalue weighted by Gasteiger charge is 2.29. The zero-order valence-corrected chi connectivity index (χ0v) is 16.3. The van der Waals surface area contributed by atoms with Crippen LogP contribution in [-0.4, -0.2) is 34.9 Å². The largest absolute Gasteiger partial charge is 0.376 e. The normalized spacial score (nSPS) is 21.8. The summed E-state index contributed by atoms with van der Waals surface area (Å²) in [5, 5.41) is 4.11. The molecule has 23 heavy (non-hydrogen) atoms. The summed E-state index contributed by atoms with van der Waals surface area (Å²) in [5.41, 5.74) is 3.80. The fourth-order valence-corrected chi connectivity index (χ4v) is 4.55. The lowest BCUT2D eigenvalue weighted by Crippen LogP contribution is -2.34. The highest BCUT2D eigenvalue weighted by atomic mass is 79.9. The van der Waals surface area contributed by atoms with Crippen molar-refractivity contribution in [1.82, 2.24) is 3.93 Å². The van der Waals surface area contributed by atoms with E-state index in [0.717, 1.165) is 19.6 Å². The van der Waals surface area contributed by atoms with E-state index in [0.29, 0.717) is 11.3 Å². The van der Waals surface area contributed by atoms with Gasteiger partial charge < -0.3 is 14.1 Å². The van der Waals surface area contributed by atoms with E-state index in [1.807, 2.05) is 11.8 Å². The Morgan fingerprint density at radius 3 is 2.65 bits per heavy atom. The lowest BCUT2D eigenvalue weighted by atomic mass is 10.1. The van der Waals surface area contributed by atoms with Gasteiger partial charge in [0.05, 0.1) is 11.3 Å². The third kappa shape index (κ3) is 3.41. The molecular weight excluding hydrogens is 370 g/mol. The summed E-state index contributed by atoms with van der Waals surface area (Å²) in [6.07, 6.45) is 6.83. The van der Waals surface area contributed by atoms with Crippen LogP contribution in [-0.2, 0) is 0 Å². The van der Waals surface area contributed by atoms with E-state index in [4.69, 9.17) is 0 Å². The molecule has 5 heteroatoms. The van der Waals surface area contributed by atoms with Crippen LogP contribution in [0.15, 0.2) is 47.0 Å². The zero-order chi connectivity index (χ0) is 16.4. The molecule has 1 N–H and O–H groups in total. The molecule has 1 heterocycles. The molecule has 0 spiro atoms. The predicted molar refractivity (Wildman–Crippen MR) is 106 cm³/mol. The van der Waals surface area contributed by atoms with Gasteiger partial charge in [-0.15, -0.1) is 11.8 Å². The first-order valence-electron chi connectivity index (χ1n) is 8.31. The monoisotopic (exact) mass is 393 g/mol. The molecule has 1 aromatic rings. The van der Waals surface area contributed by atoms with Gasteiger partial charge in [-0.25, -0.2) is 0 Å². The van der Waals surface area contributed by atoms with Crippen LogP contribution in [0, 0.1) is 0 Å². The first-order chi connectivity index (χ1) is 11.2. The first-order valence-corrected chi connectivity index (χ1v) is 9.90. The third-order valence-electron chi connectivity index (χ3n) is 4.40. The second kappa shape index (κ2) is 7.22. The van der Waals surface area contributed by atoms with Crippen LogP contribution in [0.4, 0.5) is 11.4 Å². The minimum atomic E-state index is 0.369.